The molecule has 0 spiro atoms. The molecule has 0 atom stereocenters. The smallest absolute Gasteiger partial charge is 0.360 e. The zero-order valence-electron chi connectivity index (χ0n) is 17.7. The molecule has 0 saturated heterocycles. The number of carbonyl (C=O) groups excluding carboxylic acids is 1. The Labute approximate surface area is 174 Å². The number of aryl methyl sites for hydroxylation is 1. The van der Waals surface area contributed by atoms with E-state index in [2.05, 4.69) is 29.8 Å². The molecule has 2 aromatic rings. The molecule has 0 aromatic heterocycles. The molecule has 0 aliphatic carbocycles. The fraction of sp³-hybridized carbons (Fsp3) is 0.318. The van der Waals surface area contributed by atoms with E-state index in [9.17, 15) is 4.79 Å². The van der Waals surface area contributed by atoms with Crippen LogP contribution >= 0.6 is 0 Å². The predicted molar refractivity (Wildman–Crippen MR) is 116 cm³/mol. The molecular weight excluding hydrogens is 384 g/mol. The molecular formula is C22H26N2O4Si. The third-order valence-electron chi connectivity index (χ3n) is 4.63. The summed E-state index contributed by atoms with van der Waals surface area (Å²) < 4.78 is 4.83. The van der Waals surface area contributed by atoms with E-state index in [1.807, 2.05) is 38.1 Å². The maximum Gasteiger partial charge on any atom is 0.360 e. The summed E-state index contributed by atoms with van der Waals surface area (Å²) in [5, 5.41) is 9.47. The van der Waals surface area contributed by atoms with E-state index in [0.29, 0.717) is 5.56 Å². The van der Waals surface area contributed by atoms with Gasteiger partial charge in [0, 0.05) is 16.7 Å². The predicted octanol–water partition coefficient (Wildman–Crippen LogP) is 3.15. The SMILES string of the molecule is CO/N=C(/C(=O)OC)c1cccc(C)c1CO/N=C(\C)c1cccc([Si]C)c1C. The van der Waals surface area contributed by atoms with Gasteiger partial charge in [-0.2, -0.15) is 0 Å². The van der Waals surface area contributed by atoms with Crippen LogP contribution in [-0.2, 0) is 25.8 Å². The number of hydrogen-bond acceptors (Lipinski definition) is 6. The number of rotatable bonds is 8. The largest absolute Gasteiger partial charge is 0.464 e. The van der Waals surface area contributed by atoms with E-state index in [-0.39, 0.29) is 12.3 Å². The van der Waals surface area contributed by atoms with Crippen LogP contribution in [0.15, 0.2) is 46.7 Å². The second-order valence-corrected chi connectivity index (χ2v) is 7.43. The first kappa shape index (κ1) is 22.4. The van der Waals surface area contributed by atoms with Gasteiger partial charge in [0.1, 0.15) is 13.7 Å². The molecule has 2 aromatic carbocycles. The Morgan fingerprint density at radius 1 is 1.03 bits per heavy atom. The van der Waals surface area contributed by atoms with Crippen molar-refractivity contribution in [1.29, 1.82) is 0 Å². The van der Waals surface area contributed by atoms with E-state index in [1.54, 1.807) is 6.07 Å². The molecule has 0 amide bonds. The summed E-state index contributed by atoms with van der Waals surface area (Å²) in [5.41, 5.74) is 5.52. The van der Waals surface area contributed by atoms with Crippen LogP contribution in [0.4, 0.5) is 0 Å². The Balaban J connectivity index is 2.31. The summed E-state index contributed by atoms with van der Waals surface area (Å²) >= 11 is 0. The van der Waals surface area contributed by atoms with Crippen LogP contribution < -0.4 is 5.19 Å². The van der Waals surface area contributed by atoms with E-state index in [1.165, 1.54) is 25.0 Å². The Bertz CT molecular complexity index is 938. The van der Waals surface area contributed by atoms with Gasteiger partial charge in [0.05, 0.1) is 22.3 Å². The first-order valence-corrected chi connectivity index (χ1v) is 10.7. The second kappa shape index (κ2) is 10.6. The van der Waals surface area contributed by atoms with Crippen molar-refractivity contribution in [2.45, 2.75) is 33.9 Å². The lowest BCUT2D eigenvalue weighted by molar-refractivity contribution is -0.132. The quantitative estimate of drug-likeness (QED) is 0.290. The summed E-state index contributed by atoms with van der Waals surface area (Å²) in [7, 11) is 3.41. The van der Waals surface area contributed by atoms with Gasteiger partial charge >= 0.3 is 5.97 Å². The van der Waals surface area contributed by atoms with Gasteiger partial charge in [-0.05, 0) is 31.9 Å². The molecule has 0 fully saturated rings. The molecule has 0 heterocycles. The van der Waals surface area contributed by atoms with Crippen molar-refractivity contribution in [3.8, 4) is 0 Å². The number of methoxy groups -OCH3 is 1. The number of ether oxygens (including phenoxy) is 1. The molecule has 0 bridgehead atoms. The number of nitrogens with zero attached hydrogens (tertiary/aromatic N) is 2. The van der Waals surface area contributed by atoms with Gasteiger partial charge in [-0.25, -0.2) is 4.79 Å². The van der Waals surface area contributed by atoms with Crippen molar-refractivity contribution >= 4 is 32.1 Å². The van der Waals surface area contributed by atoms with Gasteiger partial charge in [-0.3, -0.25) is 0 Å². The minimum absolute atomic E-state index is 0.0884. The zero-order chi connectivity index (χ0) is 21.4. The summed E-state index contributed by atoms with van der Waals surface area (Å²) in [6.45, 7) is 8.32. The Kier molecular flexibility index (Phi) is 8.15. The Morgan fingerprint density at radius 2 is 1.72 bits per heavy atom. The number of hydrogen-bond donors (Lipinski definition) is 0. The van der Waals surface area contributed by atoms with Crippen LogP contribution in [0.25, 0.3) is 0 Å². The fourth-order valence-electron chi connectivity index (χ4n) is 3.04. The van der Waals surface area contributed by atoms with Gasteiger partial charge in [0.15, 0.2) is 5.71 Å². The third-order valence-corrected chi connectivity index (χ3v) is 5.71. The minimum Gasteiger partial charge on any atom is -0.464 e. The summed E-state index contributed by atoms with van der Waals surface area (Å²) in [6, 6.07) is 11.8. The Hall–Kier alpha value is -2.93. The summed E-state index contributed by atoms with van der Waals surface area (Å²) in [6.07, 6.45) is 0. The standard InChI is InChI=1S/C22H26N2O4Si/c1-14-9-7-11-18(21(24-27-5)22(25)26-4)19(14)13-28-23-16(3)17-10-8-12-20(29-6)15(17)2/h7-12H,13H2,1-6H3/b23-16+,24-21+. The van der Waals surface area contributed by atoms with Gasteiger partial charge in [-0.15, -0.1) is 0 Å². The van der Waals surface area contributed by atoms with Crippen molar-refractivity contribution < 1.29 is 19.2 Å². The maximum absolute atomic E-state index is 12.1. The molecule has 152 valence electrons. The topological polar surface area (TPSA) is 69.5 Å². The highest BCUT2D eigenvalue weighted by atomic mass is 28.2. The number of esters is 1. The first-order chi connectivity index (χ1) is 13.9. The van der Waals surface area contributed by atoms with E-state index >= 15 is 0 Å². The molecule has 0 aliphatic heterocycles. The lowest BCUT2D eigenvalue weighted by Gasteiger charge is -2.13. The van der Waals surface area contributed by atoms with Crippen LogP contribution in [0.3, 0.4) is 0 Å². The van der Waals surface area contributed by atoms with Crippen molar-refractivity contribution in [2.24, 2.45) is 10.3 Å². The van der Waals surface area contributed by atoms with Crippen molar-refractivity contribution in [1.82, 2.24) is 0 Å². The van der Waals surface area contributed by atoms with E-state index < -0.39 is 5.97 Å². The monoisotopic (exact) mass is 410 g/mol. The molecule has 2 radical (unpaired) electrons. The zero-order valence-corrected chi connectivity index (χ0v) is 18.7. The van der Waals surface area contributed by atoms with Crippen LogP contribution in [0.1, 0.15) is 34.7 Å². The van der Waals surface area contributed by atoms with Gasteiger partial charge in [0.2, 0.25) is 0 Å². The second-order valence-electron chi connectivity index (χ2n) is 6.39. The average Bonchev–Trinajstić information content (AvgIpc) is 2.72. The highest BCUT2D eigenvalue weighted by Crippen LogP contribution is 2.18. The minimum atomic E-state index is -0.578. The highest BCUT2D eigenvalue weighted by molar-refractivity contribution is 6.52. The normalized spacial score (nSPS) is 11.9. The van der Waals surface area contributed by atoms with Crippen LogP contribution in [0, 0.1) is 13.8 Å². The summed E-state index contributed by atoms with van der Waals surface area (Å²) in [4.78, 5) is 22.6. The molecule has 0 saturated carbocycles. The van der Waals surface area contributed by atoms with Crippen LogP contribution in [-0.4, -0.2) is 41.1 Å². The molecule has 7 heteroatoms. The number of oxime groups is 2. The molecule has 0 N–H and O–H groups in total. The summed E-state index contributed by atoms with van der Waals surface area (Å²) in [5.74, 6) is -0.578. The van der Waals surface area contributed by atoms with Gasteiger partial charge < -0.3 is 14.4 Å². The van der Waals surface area contributed by atoms with Crippen molar-refractivity contribution in [3.63, 3.8) is 0 Å². The molecule has 0 aliphatic rings. The van der Waals surface area contributed by atoms with Gasteiger partial charge in [0.25, 0.3) is 0 Å². The molecule has 29 heavy (non-hydrogen) atoms. The lowest BCUT2D eigenvalue weighted by atomic mass is 9.99. The first-order valence-electron chi connectivity index (χ1n) is 9.17. The van der Waals surface area contributed by atoms with Crippen LogP contribution in [0.2, 0.25) is 6.55 Å². The molecule has 2 rings (SSSR count). The number of carbonyl (C=O) groups is 1. The average molecular weight is 411 g/mol. The van der Waals surface area contributed by atoms with Gasteiger partial charge in [-0.1, -0.05) is 58.4 Å². The molecule has 6 nitrogen and oxygen atoms in total. The van der Waals surface area contributed by atoms with Crippen molar-refractivity contribution in [2.75, 3.05) is 14.2 Å². The lowest BCUT2D eigenvalue weighted by Crippen LogP contribution is -2.20. The van der Waals surface area contributed by atoms with Crippen molar-refractivity contribution in [3.05, 3.63) is 64.2 Å². The van der Waals surface area contributed by atoms with E-state index in [0.717, 1.165) is 31.9 Å². The highest BCUT2D eigenvalue weighted by Gasteiger charge is 2.20. The Morgan fingerprint density at radius 3 is 2.38 bits per heavy atom. The fourth-order valence-corrected chi connectivity index (χ4v) is 3.81. The third kappa shape index (κ3) is 5.32. The number of benzene rings is 2. The van der Waals surface area contributed by atoms with E-state index in [4.69, 9.17) is 14.4 Å². The van der Waals surface area contributed by atoms with Crippen LogP contribution in [0.5, 0.6) is 0 Å². The maximum atomic E-state index is 12.1. The molecule has 0 unspecified atom stereocenters.